The molecule has 0 amide bonds. The first-order chi connectivity index (χ1) is 9.04. The molecule has 3 rings (SSSR count). The number of thiazole rings is 1. The van der Waals surface area contributed by atoms with Gasteiger partial charge in [-0.05, 0) is 19.1 Å². The summed E-state index contributed by atoms with van der Waals surface area (Å²) in [7, 11) is 0. The van der Waals surface area contributed by atoms with E-state index in [1.54, 1.807) is 23.5 Å². The van der Waals surface area contributed by atoms with Gasteiger partial charge in [-0.1, -0.05) is 23.2 Å². The minimum atomic E-state index is 0.432. The van der Waals surface area contributed by atoms with Crippen LogP contribution in [0.25, 0.3) is 11.0 Å². The Bertz CT molecular complexity index is 763. The van der Waals surface area contributed by atoms with E-state index in [0.29, 0.717) is 22.5 Å². The Morgan fingerprint density at radius 1 is 1.26 bits per heavy atom. The van der Waals surface area contributed by atoms with Crippen LogP contribution in [0.1, 0.15) is 10.7 Å². The van der Waals surface area contributed by atoms with E-state index >= 15 is 0 Å². The van der Waals surface area contributed by atoms with Crippen molar-refractivity contribution < 1.29 is 0 Å². The predicted octanol–water partition coefficient (Wildman–Crippen LogP) is 3.74. The van der Waals surface area contributed by atoms with Gasteiger partial charge >= 0.3 is 0 Å². The highest BCUT2D eigenvalue weighted by atomic mass is 35.5. The Hall–Kier alpha value is -1.30. The summed E-state index contributed by atoms with van der Waals surface area (Å²) in [6.45, 7) is 2.55. The van der Waals surface area contributed by atoms with Gasteiger partial charge in [0, 0.05) is 11.1 Å². The zero-order chi connectivity index (χ0) is 13.6. The van der Waals surface area contributed by atoms with Gasteiger partial charge in [-0.3, -0.25) is 0 Å². The first-order valence-corrected chi connectivity index (χ1v) is 7.20. The first-order valence-electron chi connectivity index (χ1n) is 5.56. The molecule has 2 aromatic heterocycles. The Labute approximate surface area is 123 Å². The summed E-state index contributed by atoms with van der Waals surface area (Å²) >= 11 is 13.6. The second-order valence-electron chi connectivity index (χ2n) is 4.19. The average molecular weight is 313 g/mol. The summed E-state index contributed by atoms with van der Waals surface area (Å²) in [6.07, 6.45) is 0. The number of nitrogen functional groups attached to an aromatic ring is 1. The van der Waals surface area contributed by atoms with Crippen molar-refractivity contribution in [2.75, 3.05) is 5.73 Å². The van der Waals surface area contributed by atoms with Crippen molar-refractivity contribution in [3.63, 3.8) is 0 Å². The number of hydrogen-bond acceptors (Lipinski definition) is 4. The molecule has 7 heteroatoms. The zero-order valence-electron chi connectivity index (χ0n) is 10.0. The van der Waals surface area contributed by atoms with Gasteiger partial charge in [0.1, 0.15) is 5.01 Å². The molecule has 2 N–H and O–H groups in total. The summed E-state index contributed by atoms with van der Waals surface area (Å²) in [5, 5.41) is 3.96. The smallest absolute Gasteiger partial charge is 0.201 e. The van der Waals surface area contributed by atoms with Crippen molar-refractivity contribution in [3.8, 4) is 0 Å². The van der Waals surface area contributed by atoms with Gasteiger partial charge in [0.05, 0.1) is 27.6 Å². The monoisotopic (exact) mass is 312 g/mol. The molecule has 4 nitrogen and oxygen atoms in total. The van der Waals surface area contributed by atoms with E-state index in [2.05, 4.69) is 9.97 Å². The molecule has 0 aliphatic carbocycles. The van der Waals surface area contributed by atoms with Crippen LogP contribution in [0.2, 0.25) is 10.0 Å². The largest absolute Gasteiger partial charge is 0.369 e. The first kappa shape index (κ1) is 12.7. The highest BCUT2D eigenvalue weighted by Crippen LogP contribution is 2.29. The van der Waals surface area contributed by atoms with Gasteiger partial charge in [-0.2, -0.15) is 0 Å². The van der Waals surface area contributed by atoms with Crippen LogP contribution in [0.15, 0.2) is 17.5 Å². The zero-order valence-corrected chi connectivity index (χ0v) is 12.4. The Morgan fingerprint density at radius 3 is 2.68 bits per heavy atom. The standard InChI is InChI=1S/C12H10Cl2N4S/c1-6-5-19-11(16-6)4-18-10-3-8(14)7(13)2-9(10)17-12(18)15/h2-3,5H,4H2,1H3,(H2,15,17). The molecule has 0 atom stereocenters. The molecule has 0 aliphatic heterocycles. The number of fused-ring (bicyclic) bond motifs is 1. The summed E-state index contributed by atoms with van der Waals surface area (Å²) in [5.74, 6) is 0.432. The lowest BCUT2D eigenvalue weighted by molar-refractivity contribution is 0.826. The van der Waals surface area contributed by atoms with Crippen molar-refractivity contribution in [2.24, 2.45) is 0 Å². The summed E-state index contributed by atoms with van der Waals surface area (Å²) < 4.78 is 1.88. The molecule has 0 saturated carbocycles. The normalized spacial score (nSPS) is 11.3. The van der Waals surface area contributed by atoms with E-state index in [-0.39, 0.29) is 0 Å². The van der Waals surface area contributed by atoms with Crippen molar-refractivity contribution >= 4 is 51.5 Å². The van der Waals surface area contributed by atoms with Crippen LogP contribution in [0.4, 0.5) is 5.95 Å². The number of benzene rings is 1. The SMILES string of the molecule is Cc1csc(Cn2c(N)nc3cc(Cl)c(Cl)cc32)n1. The lowest BCUT2D eigenvalue weighted by Gasteiger charge is -2.04. The number of hydrogen-bond donors (Lipinski definition) is 1. The summed E-state index contributed by atoms with van der Waals surface area (Å²) in [6, 6.07) is 3.50. The molecule has 0 fully saturated rings. The lowest BCUT2D eigenvalue weighted by atomic mass is 10.3. The second-order valence-corrected chi connectivity index (χ2v) is 5.95. The Kier molecular flexibility index (Phi) is 3.12. The van der Waals surface area contributed by atoms with E-state index in [0.717, 1.165) is 21.7 Å². The molecule has 0 bridgehead atoms. The Morgan fingerprint density at radius 2 is 2.00 bits per heavy atom. The molecule has 2 heterocycles. The molecule has 0 radical (unpaired) electrons. The quantitative estimate of drug-likeness (QED) is 0.784. The molecule has 0 unspecified atom stereocenters. The molecule has 1 aromatic carbocycles. The van der Waals surface area contributed by atoms with Crippen LogP contribution >= 0.6 is 34.5 Å². The predicted molar refractivity (Wildman–Crippen MR) is 80.1 cm³/mol. The van der Waals surface area contributed by atoms with Gasteiger partial charge in [0.25, 0.3) is 0 Å². The third-order valence-corrected chi connectivity index (χ3v) is 4.45. The lowest BCUT2D eigenvalue weighted by Crippen LogP contribution is -2.04. The number of nitrogens with two attached hydrogens (primary N) is 1. The number of aromatic nitrogens is 3. The van der Waals surface area contributed by atoms with Crippen LogP contribution in [0, 0.1) is 6.92 Å². The fourth-order valence-electron chi connectivity index (χ4n) is 1.92. The van der Waals surface area contributed by atoms with Gasteiger partial charge in [0.2, 0.25) is 5.95 Å². The fraction of sp³-hybridized carbons (Fsp3) is 0.167. The van der Waals surface area contributed by atoms with Crippen molar-refractivity contribution in [1.82, 2.24) is 14.5 Å². The second kappa shape index (κ2) is 4.67. The molecule has 3 aromatic rings. The molecule has 19 heavy (non-hydrogen) atoms. The number of imidazole rings is 1. The third-order valence-electron chi connectivity index (χ3n) is 2.78. The number of aryl methyl sites for hydroxylation is 1. The number of halogens is 2. The fourth-order valence-corrected chi connectivity index (χ4v) is 2.99. The summed E-state index contributed by atoms with van der Waals surface area (Å²) in [5.41, 5.74) is 8.55. The number of anilines is 1. The van der Waals surface area contributed by atoms with Gasteiger partial charge < -0.3 is 10.3 Å². The minimum Gasteiger partial charge on any atom is -0.369 e. The van der Waals surface area contributed by atoms with E-state index in [9.17, 15) is 0 Å². The van der Waals surface area contributed by atoms with E-state index in [1.807, 2.05) is 16.9 Å². The molecule has 0 aliphatic rings. The van der Waals surface area contributed by atoms with Gasteiger partial charge in [-0.25, -0.2) is 9.97 Å². The Balaban J connectivity index is 2.12. The van der Waals surface area contributed by atoms with E-state index in [4.69, 9.17) is 28.9 Å². The van der Waals surface area contributed by atoms with Crippen LogP contribution in [0.3, 0.4) is 0 Å². The van der Waals surface area contributed by atoms with E-state index < -0.39 is 0 Å². The third kappa shape index (κ3) is 2.29. The van der Waals surface area contributed by atoms with Crippen molar-refractivity contribution in [3.05, 3.63) is 38.3 Å². The molecule has 0 saturated heterocycles. The maximum absolute atomic E-state index is 6.05. The number of rotatable bonds is 2. The average Bonchev–Trinajstić information content (AvgIpc) is 2.87. The topological polar surface area (TPSA) is 56.7 Å². The van der Waals surface area contributed by atoms with E-state index in [1.165, 1.54) is 0 Å². The maximum atomic E-state index is 6.05. The minimum absolute atomic E-state index is 0.432. The molecule has 98 valence electrons. The van der Waals surface area contributed by atoms with Crippen molar-refractivity contribution in [1.29, 1.82) is 0 Å². The number of nitrogens with zero attached hydrogens (tertiary/aromatic N) is 3. The molecular weight excluding hydrogens is 303 g/mol. The van der Waals surface area contributed by atoms with Gasteiger partial charge in [0.15, 0.2) is 0 Å². The van der Waals surface area contributed by atoms with Crippen LogP contribution in [-0.4, -0.2) is 14.5 Å². The molecular formula is C12H10Cl2N4S. The highest BCUT2D eigenvalue weighted by molar-refractivity contribution is 7.09. The van der Waals surface area contributed by atoms with Crippen LogP contribution < -0.4 is 5.73 Å². The van der Waals surface area contributed by atoms with Crippen molar-refractivity contribution in [2.45, 2.75) is 13.5 Å². The highest BCUT2D eigenvalue weighted by Gasteiger charge is 2.12. The summed E-state index contributed by atoms with van der Waals surface area (Å²) in [4.78, 5) is 8.72. The van der Waals surface area contributed by atoms with Gasteiger partial charge in [-0.15, -0.1) is 11.3 Å². The maximum Gasteiger partial charge on any atom is 0.201 e. The molecule has 0 spiro atoms. The van der Waals surface area contributed by atoms with Crippen LogP contribution in [-0.2, 0) is 6.54 Å². The van der Waals surface area contributed by atoms with Crippen LogP contribution in [0.5, 0.6) is 0 Å².